The molecule has 1 saturated heterocycles. The van der Waals surface area contributed by atoms with E-state index in [1.165, 1.54) is 30.1 Å². The van der Waals surface area contributed by atoms with Gasteiger partial charge in [-0.25, -0.2) is 14.5 Å². The number of hydrogen-bond acceptors (Lipinski definition) is 7. The molecule has 0 radical (unpaired) electrons. The van der Waals surface area contributed by atoms with Crippen LogP contribution in [0.4, 0.5) is 15.0 Å². The molecule has 4 rings (SSSR count). The summed E-state index contributed by atoms with van der Waals surface area (Å²) in [4.78, 5) is 34.7. The Hall–Kier alpha value is -3.87. The highest BCUT2D eigenvalue weighted by Gasteiger charge is 2.36. The SMILES string of the molecule is CNC(=O)c1cc(NC(=O)N[C@@H]2CN(CCOC)O[C@H]2c2ccnc(F)c2)n(-c2ccccc2)n1. The number of urea groups is 1. The van der Waals surface area contributed by atoms with E-state index in [1.807, 2.05) is 18.2 Å². The van der Waals surface area contributed by atoms with E-state index in [0.717, 1.165) is 0 Å². The van der Waals surface area contributed by atoms with Crippen LogP contribution >= 0.6 is 0 Å². The zero-order valence-corrected chi connectivity index (χ0v) is 19.3. The lowest BCUT2D eigenvalue weighted by atomic mass is 10.0. The summed E-state index contributed by atoms with van der Waals surface area (Å²) in [6.07, 6.45) is 0.720. The normalized spacial score (nSPS) is 17.8. The Morgan fingerprint density at radius 3 is 2.74 bits per heavy atom. The minimum atomic E-state index is -0.641. The summed E-state index contributed by atoms with van der Waals surface area (Å²) in [6, 6.07) is 12.5. The molecule has 3 amide bonds. The number of pyridine rings is 1. The lowest BCUT2D eigenvalue weighted by Gasteiger charge is -2.19. The second-order valence-corrected chi connectivity index (χ2v) is 7.76. The Kier molecular flexibility index (Phi) is 7.65. The first-order chi connectivity index (χ1) is 17.0. The fourth-order valence-corrected chi connectivity index (χ4v) is 3.73. The van der Waals surface area contributed by atoms with Crippen LogP contribution in [0.3, 0.4) is 0 Å². The number of benzene rings is 1. The van der Waals surface area contributed by atoms with Crippen LogP contribution in [0.25, 0.3) is 5.69 Å². The first-order valence-corrected chi connectivity index (χ1v) is 11.0. The average molecular weight is 484 g/mol. The molecule has 0 spiro atoms. The van der Waals surface area contributed by atoms with Gasteiger partial charge in [-0.1, -0.05) is 18.2 Å². The van der Waals surface area contributed by atoms with Gasteiger partial charge >= 0.3 is 6.03 Å². The zero-order chi connectivity index (χ0) is 24.8. The Morgan fingerprint density at radius 2 is 2.03 bits per heavy atom. The molecule has 11 nitrogen and oxygen atoms in total. The lowest BCUT2D eigenvalue weighted by Crippen LogP contribution is -2.42. The number of amides is 3. The quantitative estimate of drug-likeness (QED) is 0.418. The molecular formula is C23H26FN7O4. The van der Waals surface area contributed by atoms with E-state index in [4.69, 9.17) is 9.57 Å². The van der Waals surface area contributed by atoms with Gasteiger partial charge < -0.3 is 15.4 Å². The predicted octanol–water partition coefficient (Wildman–Crippen LogP) is 1.89. The molecule has 3 aromatic rings. The maximum Gasteiger partial charge on any atom is 0.320 e. The van der Waals surface area contributed by atoms with Crippen molar-refractivity contribution >= 4 is 17.8 Å². The summed E-state index contributed by atoms with van der Waals surface area (Å²) >= 11 is 0. The van der Waals surface area contributed by atoms with Crippen LogP contribution in [0, 0.1) is 5.95 Å². The van der Waals surface area contributed by atoms with Crippen molar-refractivity contribution in [2.75, 3.05) is 39.2 Å². The summed E-state index contributed by atoms with van der Waals surface area (Å²) in [5.74, 6) is -0.729. The molecule has 184 valence electrons. The number of hydrogen-bond donors (Lipinski definition) is 3. The van der Waals surface area contributed by atoms with Crippen LogP contribution in [0.5, 0.6) is 0 Å². The van der Waals surface area contributed by atoms with E-state index in [-0.39, 0.29) is 11.6 Å². The molecule has 0 aliphatic carbocycles. The summed E-state index contributed by atoms with van der Waals surface area (Å²) in [6.45, 7) is 1.25. The third kappa shape index (κ3) is 5.80. The smallest absolute Gasteiger partial charge is 0.320 e. The third-order valence-electron chi connectivity index (χ3n) is 5.38. The number of carbonyl (C=O) groups excluding carboxylic acids is 2. The molecule has 3 heterocycles. The molecule has 1 fully saturated rings. The van der Waals surface area contributed by atoms with Gasteiger partial charge in [0.2, 0.25) is 5.95 Å². The summed E-state index contributed by atoms with van der Waals surface area (Å²) in [7, 11) is 3.08. The number of anilines is 1. The van der Waals surface area contributed by atoms with Crippen molar-refractivity contribution in [1.29, 1.82) is 0 Å². The number of aromatic nitrogens is 3. The number of nitrogens with zero attached hydrogens (tertiary/aromatic N) is 4. The molecule has 3 N–H and O–H groups in total. The van der Waals surface area contributed by atoms with Gasteiger partial charge in [0.05, 0.1) is 18.3 Å². The number of methoxy groups -OCH3 is 1. The third-order valence-corrected chi connectivity index (χ3v) is 5.38. The maximum atomic E-state index is 13.8. The fraction of sp³-hybridized carbons (Fsp3) is 0.304. The number of ether oxygens (including phenoxy) is 1. The Morgan fingerprint density at radius 1 is 1.23 bits per heavy atom. The number of rotatable bonds is 8. The van der Waals surface area contributed by atoms with Gasteiger partial charge in [-0.2, -0.15) is 14.6 Å². The highest BCUT2D eigenvalue weighted by atomic mass is 19.1. The van der Waals surface area contributed by atoms with Crippen molar-refractivity contribution in [3.8, 4) is 5.69 Å². The van der Waals surface area contributed by atoms with Crippen molar-refractivity contribution in [1.82, 2.24) is 30.5 Å². The van der Waals surface area contributed by atoms with Gasteiger partial charge in [0, 0.05) is 39.5 Å². The minimum absolute atomic E-state index is 0.145. The molecule has 1 aliphatic heterocycles. The molecule has 0 bridgehead atoms. The summed E-state index contributed by atoms with van der Waals surface area (Å²) in [5, 5.41) is 14.2. The number of hydroxylamine groups is 2. The maximum absolute atomic E-state index is 13.8. The molecule has 2 atom stereocenters. The second-order valence-electron chi connectivity index (χ2n) is 7.76. The number of para-hydroxylation sites is 1. The zero-order valence-electron chi connectivity index (χ0n) is 19.3. The van der Waals surface area contributed by atoms with Crippen molar-refractivity contribution in [3.05, 3.63) is 71.9 Å². The Bertz CT molecular complexity index is 1170. The molecule has 1 aliphatic rings. The van der Waals surface area contributed by atoms with Crippen molar-refractivity contribution < 1.29 is 23.6 Å². The largest absolute Gasteiger partial charge is 0.383 e. The average Bonchev–Trinajstić information content (AvgIpc) is 3.47. The Labute approximate surface area is 201 Å². The second kappa shape index (κ2) is 11.0. The van der Waals surface area contributed by atoms with Crippen LogP contribution in [-0.4, -0.2) is 71.7 Å². The van der Waals surface area contributed by atoms with Crippen molar-refractivity contribution in [2.24, 2.45) is 0 Å². The van der Waals surface area contributed by atoms with Gasteiger partial charge in [0.15, 0.2) is 5.69 Å². The first kappa shape index (κ1) is 24.3. The van der Waals surface area contributed by atoms with Crippen LogP contribution in [-0.2, 0) is 9.57 Å². The van der Waals surface area contributed by atoms with E-state index < -0.39 is 24.1 Å². The number of carbonyl (C=O) groups is 2. The molecular weight excluding hydrogens is 457 g/mol. The number of nitrogens with one attached hydrogen (secondary N) is 3. The topological polar surface area (TPSA) is 123 Å². The highest BCUT2D eigenvalue weighted by molar-refractivity contribution is 5.95. The van der Waals surface area contributed by atoms with Gasteiger partial charge in [0.1, 0.15) is 11.9 Å². The van der Waals surface area contributed by atoms with Gasteiger partial charge in [-0.15, -0.1) is 0 Å². The van der Waals surface area contributed by atoms with Crippen molar-refractivity contribution in [2.45, 2.75) is 12.1 Å². The van der Waals surface area contributed by atoms with E-state index >= 15 is 0 Å². The standard InChI is InChI=1S/C23H26FN7O4/c1-25-22(32)17-13-20(31(29-17)16-6-4-3-5-7-16)28-23(33)27-18-14-30(10-11-34-2)35-21(18)15-8-9-26-19(24)12-15/h3-9,12-13,18,21H,10-11,14H2,1-2H3,(H,25,32)(H2,27,28,33)/t18-,21+/m1/s1. The van der Waals surface area contributed by atoms with Gasteiger partial charge in [0.25, 0.3) is 5.91 Å². The van der Waals surface area contributed by atoms with Gasteiger partial charge in [-0.05, 0) is 29.8 Å². The van der Waals surface area contributed by atoms with E-state index in [2.05, 4.69) is 26.0 Å². The summed E-state index contributed by atoms with van der Waals surface area (Å²) in [5.41, 5.74) is 1.35. The fourth-order valence-electron chi connectivity index (χ4n) is 3.73. The van der Waals surface area contributed by atoms with Crippen LogP contribution in [0.15, 0.2) is 54.7 Å². The Balaban J connectivity index is 1.54. The minimum Gasteiger partial charge on any atom is -0.383 e. The van der Waals surface area contributed by atoms with Crippen molar-refractivity contribution in [3.63, 3.8) is 0 Å². The molecule has 35 heavy (non-hydrogen) atoms. The molecule has 0 saturated carbocycles. The van der Waals surface area contributed by atoms with E-state index in [1.54, 1.807) is 30.4 Å². The highest BCUT2D eigenvalue weighted by Crippen LogP contribution is 2.29. The van der Waals surface area contributed by atoms with E-state index in [0.29, 0.717) is 36.8 Å². The first-order valence-electron chi connectivity index (χ1n) is 11.0. The monoisotopic (exact) mass is 483 g/mol. The van der Waals surface area contributed by atoms with Crippen LogP contribution < -0.4 is 16.0 Å². The molecule has 12 heteroatoms. The van der Waals surface area contributed by atoms with Crippen LogP contribution in [0.1, 0.15) is 22.2 Å². The molecule has 2 aromatic heterocycles. The predicted molar refractivity (Wildman–Crippen MR) is 124 cm³/mol. The molecule has 0 unspecified atom stereocenters. The molecule has 1 aromatic carbocycles. The summed E-state index contributed by atoms with van der Waals surface area (Å²) < 4.78 is 20.3. The van der Waals surface area contributed by atoms with Gasteiger partial charge in [-0.3, -0.25) is 14.9 Å². The lowest BCUT2D eigenvalue weighted by molar-refractivity contribution is -0.154. The van der Waals surface area contributed by atoms with Crippen LogP contribution in [0.2, 0.25) is 0 Å². The number of halogens is 1. The van der Waals surface area contributed by atoms with E-state index in [9.17, 15) is 14.0 Å².